The number of nitrogens with one attached hydrogen (secondary N) is 1. The lowest BCUT2D eigenvalue weighted by atomic mass is 9.80. The van der Waals surface area contributed by atoms with E-state index >= 15 is 0 Å². The van der Waals surface area contributed by atoms with Crippen LogP contribution in [0.1, 0.15) is 19.8 Å². The van der Waals surface area contributed by atoms with Gasteiger partial charge in [0.2, 0.25) is 0 Å². The van der Waals surface area contributed by atoms with Crippen LogP contribution >= 0.6 is 22.6 Å². The Hall–Kier alpha value is -0.890. The van der Waals surface area contributed by atoms with Crippen molar-refractivity contribution in [1.82, 2.24) is 4.90 Å². The molecule has 0 spiro atoms. The molecular formula is C14H20IN3O2. The summed E-state index contributed by atoms with van der Waals surface area (Å²) in [6, 6.07) is 5.31. The van der Waals surface area contributed by atoms with E-state index in [-0.39, 0.29) is 16.0 Å². The number of nitro benzene ring substituents is 1. The van der Waals surface area contributed by atoms with E-state index in [0.29, 0.717) is 5.69 Å². The summed E-state index contributed by atoms with van der Waals surface area (Å²) in [5, 5.41) is 14.4. The van der Waals surface area contributed by atoms with Gasteiger partial charge < -0.3 is 10.2 Å². The third-order valence-corrected chi connectivity index (χ3v) is 4.73. The van der Waals surface area contributed by atoms with Crippen LogP contribution < -0.4 is 5.32 Å². The molecule has 0 bridgehead atoms. The number of nitro groups is 1. The van der Waals surface area contributed by atoms with Crippen LogP contribution in [0.15, 0.2) is 18.2 Å². The monoisotopic (exact) mass is 389 g/mol. The maximum atomic E-state index is 11.1. The van der Waals surface area contributed by atoms with Crippen LogP contribution in [0.25, 0.3) is 0 Å². The number of nitrogens with zero attached hydrogens (tertiary/aromatic N) is 2. The number of hydrogen-bond donors (Lipinski definition) is 1. The van der Waals surface area contributed by atoms with Gasteiger partial charge in [-0.25, -0.2) is 0 Å². The molecule has 0 aromatic heterocycles. The molecule has 1 N–H and O–H groups in total. The first-order valence-electron chi connectivity index (χ1n) is 6.76. The van der Waals surface area contributed by atoms with Crippen molar-refractivity contribution in [3.05, 3.63) is 31.9 Å². The van der Waals surface area contributed by atoms with Gasteiger partial charge in [0.05, 0.1) is 4.92 Å². The van der Waals surface area contributed by atoms with Gasteiger partial charge in [0.15, 0.2) is 0 Å². The molecule has 0 atom stereocenters. The topological polar surface area (TPSA) is 58.4 Å². The Balaban J connectivity index is 2.05. The molecule has 0 amide bonds. The predicted octanol–water partition coefficient (Wildman–Crippen LogP) is 3.34. The van der Waals surface area contributed by atoms with Crippen LogP contribution in [0.5, 0.6) is 0 Å². The summed E-state index contributed by atoms with van der Waals surface area (Å²) in [6.45, 7) is 5.22. The highest BCUT2D eigenvalue weighted by Gasteiger charge is 2.29. The molecule has 0 unspecified atom stereocenters. The van der Waals surface area contributed by atoms with Crippen molar-refractivity contribution in [3.8, 4) is 0 Å². The number of rotatable bonds is 4. The molecule has 0 aliphatic carbocycles. The fourth-order valence-electron chi connectivity index (χ4n) is 2.45. The molecule has 1 saturated heterocycles. The zero-order valence-electron chi connectivity index (χ0n) is 11.9. The number of hydrogen-bond acceptors (Lipinski definition) is 4. The normalized spacial score (nSPS) is 18.8. The van der Waals surface area contributed by atoms with Crippen LogP contribution in [0.4, 0.5) is 11.4 Å². The highest BCUT2D eigenvalue weighted by atomic mass is 127. The Morgan fingerprint density at radius 3 is 2.70 bits per heavy atom. The quantitative estimate of drug-likeness (QED) is 0.488. The Kier molecular flexibility index (Phi) is 4.85. The van der Waals surface area contributed by atoms with Crippen molar-refractivity contribution < 1.29 is 4.92 Å². The van der Waals surface area contributed by atoms with Gasteiger partial charge in [-0.05, 0) is 73.1 Å². The van der Waals surface area contributed by atoms with Gasteiger partial charge in [0.1, 0.15) is 5.69 Å². The zero-order valence-corrected chi connectivity index (χ0v) is 14.0. The van der Waals surface area contributed by atoms with Crippen molar-refractivity contribution >= 4 is 34.0 Å². The van der Waals surface area contributed by atoms with Gasteiger partial charge in [0.25, 0.3) is 5.69 Å². The minimum Gasteiger partial charge on any atom is -0.379 e. The summed E-state index contributed by atoms with van der Waals surface area (Å²) in [6.07, 6.45) is 2.24. The van der Waals surface area contributed by atoms with Gasteiger partial charge in [0, 0.05) is 16.2 Å². The molecule has 20 heavy (non-hydrogen) atoms. The largest absolute Gasteiger partial charge is 0.379 e. The maximum absolute atomic E-state index is 11.1. The molecule has 5 nitrogen and oxygen atoms in total. The third kappa shape index (κ3) is 3.82. The molecular weight excluding hydrogens is 369 g/mol. The lowest BCUT2D eigenvalue weighted by Gasteiger charge is -2.38. The van der Waals surface area contributed by atoms with Crippen molar-refractivity contribution in [2.45, 2.75) is 19.8 Å². The van der Waals surface area contributed by atoms with Crippen LogP contribution in [0.2, 0.25) is 0 Å². The Morgan fingerprint density at radius 2 is 2.10 bits per heavy atom. The Morgan fingerprint density at radius 1 is 1.45 bits per heavy atom. The van der Waals surface area contributed by atoms with Crippen molar-refractivity contribution in [2.24, 2.45) is 5.41 Å². The second-order valence-electron chi connectivity index (χ2n) is 5.89. The molecule has 1 aliphatic rings. The van der Waals surface area contributed by atoms with Gasteiger partial charge in [-0.3, -0.25) is 10.1 Å². The molecule has 110 valence electrons. The third-order valence-electron chi connectivity index (χ3n) is 4.06. The first-order chi connectivity index (χ1) is 9.39. The summed E-state index contributed by atoms with van der Waals surface area (Å²) in [4.78, 5) is 13.1. The number of piperidine rings is 1. The molecule has 1 heterocycles. The Labute approximate surface area is 133 Å². The average Bonchev–Trinajstić information content (AvgIpc) is 2.41. The van der Waals surface area contributed by atoms with Gasteiger partial charge in [-0.2, -0.15) is 0 Å². The average molecular weight is 389 g/mol. The molecule has 0 radical (unpaired) electrons. The van der Waals surface area contributed by atoms with E-state index in [0.717, 1.165) is 36.0 Å². The molecule has 1 aromatic carbocycles. The van der Waals surface area contributed by atoms with E-state index in [1.807, 2.05) is 6.07 Å². The highest BCUT2D eigenvalue weighted by Crippen LogP contribution is 2.32. The molecule has 6 heteroatoms. The fraction of sp³-hybridized carbons (Fsp3) is 0.571. The predicted molar refractivity (Wildman–Crippen MR) is 89.1 cm³/mol. The minimum atomic E-state index is -0.318. The summed E-state index contributed by atoms with van der Waals surface area (Å²) < 4.78 is 0.880. The van der Waals surface area contributed by atoms with E-state index in [2.05, 4.69) is 46.8 Å². The van der Waals surface area contributed by atoms with Crippen LogP contribution in [-0.4, -0.2) is 36.5 Å². The van der Waals surface area contributed by atoms with Crippen LogP contribution in [0, 0.1) is 19.1 Å². The van der Waals surface area contributed by atoms with E-state index in [1.165, 1.54) is 0 Å². The van der Waals surface area contributed by atoms with Crippen LogP contribution in [-0.2, 0) is 0 Å². The van der Waals surface area contributed by atoms with Crippen LogP contribution in [0.3, 0.4) is 0 Å². The summed E-state index contributed by atoms with van der Waals surface area (Å²) in [5.74, 6) is 0. The highest BCUT2D eigenvalue weighted by molar-refractivity contribution is 14.1. The van der Waals surface area contributed by atoms with E-state index < -0.39 is 0 Å². The number of likely N-dealkylation sites (tertiary alicyclic amines) is 1. The SMILES string of the molecule is CN1CCC(C)(CNc2ccc(I)cc2[N+](=O)[O-])CC1. The summed E-state index contributed by atoms with van der Waals surface area (Å²) >= 11 is 2.09. The molecule has 2 rings (SSSR count). The molecule has 1 fully saturated rings. The van der Waals surface area contributed by atoms with Gasteiger partial charge >= 0.3 is 0 Å². The van der Waals surface area contributed by atoms with Gasteiger partial charge in [-0.1, -0.05) is 6.92 Å². The van der Waals surface area contributed by atoms with E-state index in [4.69, 9.17) is 0 Å². The smallest absolute Gasteiger partial charge is 0.293 e. The first-order valence-corrected chi connectivity index (χ1v) is 7.84. The Bertz CT molecular complexity index is 499. The standard InChI is InChI=1S/C14H20IN3O2/c1-14(5-7-17(2)8-6-14)10-16-12-4-3-11(15)9-13(12)18(19)20/h3-4,9,16H,5-8,10H2,1-2H3. The van der Waals surface area contributed by atoms with Crippen molar-refractivity contribution in [2.75, 3.05) is 32.0 Å². The molecule has 1 aromatic rings. The number of benzene rings is 1. The first kappa shape index (κ1) is 15.5. The fourth-order valence-corrected chi connectivity index (χ4v) is 2.92. The maximum Gasteiger partial charge on any atom is 0.293 e. The summed E-state index contributed by atoms with van der Waals surface area (Å²) in [7, 11) is 2.14. The van der Waals surface area contributed by atoms with Gasteiger partial charge in [-0.15, -0.1) is 0 Å². The second kappa shape index (κ2) is 6.26. The van der Waals surface area contributed by atoms with Crippen molar-refractivity contribution in [3.63, 3.8) is 0 Å². The molecule has 1 aliphatic heterocycles. The number of halogens is 1. The minimum absolute atomic E-state index is 0.161. The lowest BCUT2D eigenvalue weighted by Crippen LogP contribution is -2.40. The van der Waals surface area contributed by atoms with Crippen molar-refractivity contribution in [1.29, 1.82) is 0 Å². The van der Waals surface area contributed by atoms with E-state index in [9.17, 15) is 10.1 Å². The van der Waals surface area contributed by atoms with E-state index in [1.54, 1.807) is 12.1 Å². The number of anilines is 1. The lowest BCUT2D eigenvalue weighted by molar-refractivity contribution is -0.384. The molecule has 0 saturated carbocycles. The second-order valence-corrected chi connectivity index (χ2v) is 7.13. The zero-order chi connectivity index (χ0) is 14.8. The summed E-state index contributed by atoms with van der Waals surface area (Å²) in [5.41, 5.74) is 0.993.